The zero-order valence-corrected chi connectivity index (χ0v) is 33.7. The highest BCUT2D eigenvalue weighted by atomic mass is 79.9. The zero-order chi connectivity index (χ0) is 23.0. The topological polar surface area (TPSA) is 0 Å². The van der Waals surface area contributed by atoms with Gasteiger partial charge in [0.25, 0.3) is 0 Å². The van der Waals surface area contributed by atoms with E-state index in [-0.39, 0.29) is 0 Å². The first-order valence-corrected chi connectivity index (χ1v) is 18.0. The minimum Gasteiger partial charge on any atom is -0.0799 e. The van der Waals surface area contributed by atoms with Crippen LogP contribution in [0, 0.1) is 0 Å². The molecule has 0 bridgehead atoms. The molecule has 0 N–H and O–H groups in total. The fraction of sp³-hybridized carbons (Fsp3) is 0.556. The molecule has 0 heterocycles. The Morgan fingerprint density at radius 1 is 0.633 bits per heavy atom. The number of allylic oxidation sites excluding steroid dienone is 2. The predicted molar refractivity (Wildman–Crippen MR) is 174 cm³/mol. The molecule has 2 aliphatic carbocycles. The number of halogens is 12. The average Bonchev–Trinajstić information content (AvgIpc) is 2.64. The molecule has 1 saturated carbocycles. The van der Waals surface area contributed by atoms with Gasteiger partial charge in [0.15, 0.2) is 0 Å². The summed E-state index contributed by atoms with van der Waals surface area (Å²) >= 11 is 48.2. The van der Waals surface area contributed by atoms with Crippen molar-refractivity contribution >= 4 is 191 Å². The minimum atomic E-state index is -0.733. The van der Waals surface area contributed by atoms with Gasteiger partial charge in [0.1, 0.15) is 20.5 Å². The molecule has 1 fully saturated rings. The van der Waals surface area contributed by atoms with Crippen LogP contribution in [0.2, 0.25) is 0 Å². The van der Waals surface area contributed by atoms with Crippen LogP contribution in [0.4, 0.5) is 0 Å². The van der Waals surface area contributed by atoms with Crippen LogP contribution in [0.15, 0.2) is 42.0 Å². The summed E-state index contributed by atoms with van der Waals surface area (Å²) in [6.07, 6.45) is 4.75. The number of fused-ring (bicyclic) bond motifs is 1. The summed E-state index contributed by atoms with van der Waals surface area (Å²) < 4.78 is -4.39. The average molecular weight is 1190 g/mol. The van der Waals surface area contributed by atoms with Crippen molar-refractivity contribution < 1.29 is 0 Å². The monoisotopic (exact) mass is 1180 g/mol. The molecule has 0 spiro atoms. The molecule has 3 rings (SSSR count). The summed E-state index contributed by atoms with van der Waals surface area (Å²) in [5, 5.41) is 0. The maximum atomic E-state index is 4.20. The van der Waals surface area contributed by atoms with Crippen LogP contribution in [-0.2, 0) is 6.42 Å². The van der Waals surface area contributed by atoms with Crippen LogP contribution in [0.1, 0.15) is 18.4 Å². The van der Waals surface area contributed by atoms with E-state index in [1.54, 1.807) is 0 Å². The van der Waals surface area contributed by atoms with Crippen molar-refractivity contribution in [2.75, 3.05) is 0 Å². The molecule has 12 heteroatoms. The first-order valence-electron chi connectivity index (χ1n) is 8.44. The lowest BCUT2D eigenvalue weighted by molar-refractivity contribution is 0.381. The molecule has 0 radical (unpaired) electrons. The van der Waals surface area contributed by atoms with Crippen molar-refractivity contribution in [2.24, 2.45) is 0 Å². The maximum Gasteiger partial charge on any atom is 0.134 e. The molecular weight excluding hydrogens is 1180 g/mol. The van der Waals surface area contributed by atoms with E-state index in [0.717, 1.165) is 19.3 Å². The van der Waals surface area contributed by atoms with E-state index >= 15 is 0 Å². The Morgan fingerprint density at radius 3 is 1.70 bits per heavy atom. The summed E-state index contributed by atoms with van der Waals surface area (Å²) in [5.41, 5.74) is 2.46. The molecule has 30 heavy (non-hydrogen) atoms. The molecule has 1 aromatic carbocycles. The van der Waals surface area contributed by atoms with E-state index in [1.165, 1.54) is 11.1 Å². The highest BCUT2D eigenvalue weighted by molar-refractivity contribution is 9.34. The third kappa shape index (κ3) is 4.00. The number of hydrogen-bond acceptors (Lipinski definition) is 0. The Morgan fingerprint density at radius 2 is 1.17 bits per heavy atom. The Bertz CT molecular complexity index is 859. The molecule has 0 saturated heterocycles. The van der Waals surface area contributed by atoms with Crippen molar-refractivity contribution in [2.45, 2.75) is 44.1 Å². The van der Waals surface area contributed by atoms with E-state index < -0.39 is 24.8 Å². The number of benzene rings is 1. The van der Waals surface area contributed by atoms with Gasteiger partial charge in [-0.1, -0.05) is 228 Å². The van der Waals surface area contributed by atoms with Gasteiger partial charge in [0.05, 0.1) is 4.32 Å². The largest absolute Gasteiger partial charge is 0.134 e. The van der Waals surface area contributed by atoms with Crippen molar-refractivity contribution in [3.05, 3.63) is 47.5 Å². The smallest absolute Gasteiger partial charge is 0.0799 e. The van der Waals surface area contributed by atoms with Gasteiger partial charge in [-0.2, -0.15) is 0 Å². The molecule has 1 aromatic rings. The van der Waals surface area contributed by atoms with Crippen LogP contribution in [0.5, 0.6) is 0 Å². The maximum absolute atomic E-state index is 4.20. The van der Waals surface area contributed by atoms with Crippen molar-refractivity contribution in [1.82, 2.24) is 0 Å². The van der Waals surface area contributed by atoms with E-state index in [0.29, 0.717) is 0 Å². The van der Waals surface area contributed by atoms with Crippen molar-refractivity contribution in [3.63, 3.8) is 0 Å². The molecule has 0 amide bonds. The number of aryl methyl sites for hydroxylation is 1. The molecule has 0 nitrogen and oxygen atoms in total. The first-order chi connectivity index (χ1) is 13.4. The van der Waals surface area contributed by atoms with Gasteiger partial charge in [0, 0.05) is 0 Å². The van der Waals surface area contributed by atoms with E-state index in [4.69, 9.17) is 0 Å². The van der Waals surface area contributed by atoms with Gasteiger partial charge in [-0.15, -0.1) is 0 Å². The Balaban J connectivity index is 2.26. The van der Waals surface area contributed by atoms with Gasteiger partial charge in [0.2, 0.25) is 0 Å². The summed E-state index contributed by atoms with van der Waals surface area (Å²) in [5.74, 6) is 0. The van der Waals surface area contributed by atoms with Gasteiger partial charge in [-0.3, -0.25) is 0 Å². The van der Waals surface area contributed by atoms with Crippen LogP contribution in [0.3, 0.4) is 0 Å². The number of alkyl halides is 12. The fourth-order valence-electron chi connectivity index (χ4n) is 3.81. The standard InChI is InChI=1S/C18H12Br12/c19-12(8-6-10-4-2-1-3-5-10)11-7-9-13(20,21)16(25,26)14(11,22)17(27,28)18(29,30)15(12,23)24/h1-5,7H,6,8-9H2. The lowest BCUT2D eigenvalue weighted by Gasteiger charge is -2.68. The Kier molecular flexibility index (Phi) is 9.25. The summed E-state index contributed by atoms with van der Waals surface area (Å²) in [6, 6.07) is 10.5. The molecule has 0 aromatic heterocycles. The molecule has 0 aliphatic heterocycles. The lowest BCUT2D eigenvalue weighted by atomic mass is 9.69. The van der Waals surface area contributed by atoms with Crippen LogP contribution in [-0.4, -0.2) is 24.8 Å². The molecule has 2 aliphatic rings. The zero-order valence-electron chi connectivity index (χ0n) is 14.6. The van der Waals surface area contributed by atoms with Crippen molar-refractivity contribution in [3.8, 4) is 0 Å². The number of rotatable bonds is 3. The summed E-state index contributed by atoms with van der Waals surface area (Å²) in [6.45, 7) is 0. The third-order valence-corrected chi connectivity index (χ3v) is 29.9. The Hall–Kier alpha value is 4.72. The second kappa shape index (κ2) is 9.48. The third-order valence-electron chi connectivity index (χ3n) is 5.57. The summed E-state index contributed by atoms with van der Waals surface area (Å²) in [7, 11) is 0. The van der Waals surface area contributed by atoms with Crippen LogP contribution in [0.25, 0.3) is 0 Å². The fourth-order valence-corrected chi connectivity index (χ4v) is 16.5. The van der Waals surface area contributed by atoms with Crippen LogP contribution >= 0.6 is 191 Å². The lowest BCUT2D eigenvalue weighted by Crippen LogP contribution is -2.78. The Labute approximate surface area is 278 Å². The molecule has 2 atom stereocenters. The highest BCUT2D eigenvalue weighted by Crippen LogP contribution is 2.82. The van der Waals surface area contributed by atoms with Crippen molar-refractivity contribution in [1.29, 1.82) is 0 Å². The van der Waals surface area contributed by atoms with Gasteiger partial charge in [-0.25, -0.2) is 0 Å². The second-order valence-electron chi connectivity index (χ2n) is 7.27. The van der Waals surface area contributed by atoms with Gasteiger partial charge >= 0.3 is 0 Å². The van der Waals surface area contributed by atoms with Gasteiger partial charge < -0.3 is 0 Å². The molecule has 2 unspecified atom stereocenters. The van der Waals surface area contributed by atoms with E-state index in [2.05, 4.69) is 222 Å². The van der Waals surface area contributed by atoms with E-state index in [9.17, 15) is 0 Å². The van der Waals surface area contributed by atoms with E-state index in [1.807, 2.05) is 6.07 Å². The predicted octanol–water partition coefficient (Wildman–Crippen LogP) is 11.7. The first kappa shape index (κ1) is 29.3. The van der Waals surface area contributed by atoms with Crippen LogP contribution < -0.4 is 0 Å². The second-order valence-corrected chi connectivity index (χ2v) is 27.4. The highest BCUT2D eigenvalue weighted by Gasteiger charge is 2.83. The SMILES string of the molecule is BrC1(Br)CC=C2C(Br)(CCc3ccccc3)C(Br)(Br)C(Br)(Br)C(Br)(Br)C2(Br)C1(Br)Br. The van der Waals surface area contributed by atoms with Gasteiger partial charge in [-0.05, 0) is 30.4 Å². The molecular formula is C18H12Br12. The summed E-state index contributed by atoms with van der Waals surface area (Å²) in [4.78, 5) is 0. The normalized spacial score (nSPS) is 35.3. The molecule has 168 valence electrons. The quantitative estimate of drug-likeness (QED) is 0.209. The number of hydrogen-bond donors (Lipinski definition) is 0. The minimum absolute atomic E-state index is 0.463.